The third kappa shape index (κ3) is 6.56. The van der Waals surface area contributed by atoms with E-state index < -0.39 is 28.9 Å². The summed E-state index contributed by atoms with van der Waals surface area (Å²) in [5.74, 6) is -0.782. The number of hydrogen-bond donors (Lipinski definition) is 2. The molecule has 31 heavy (non-hydrogen) atoms. The van der Waals surface area contributed by atoms with Gasteiger partial charge in [0.25, 0.3) is 5.56 Å². The number of aliphatic imine (C=N–C) groups is 1. The Kier molecular flexibility index (Phi) is 7.09. The molecule has 0 radical (unpaired) electrons. The van der Waals surface area contributed by atoms with Crippen LogP contribution in [0.15, 0.2) is 40.4 Å². The van der Waals surface area contributed by atoms with Crippen LogP contribution in [0.4, 0.5) is 24.5 Å². The van der Waals surface area contributed by atoms with E-state index in [2.05, 4.69) is 15.3 Å². The fourth-order valence-corrected chi connectivity index (χ4v) is 2.56. The molecule has 1 aromatic heterocycles. The number of alkyl halides is 3. The number of rotatable bonds is 6. The van der Waals surface area contributed by atoms with Crippen LogP contribution in [0.25, 0.3) is 0 Å². The van der Waals surface area contributed by atoms with E-state index in [-0.39, 0.29) is 29.4 Å². The number of nitrogens with zero attached hydrogens (tertiary/aromatic N) is 3. The molecule has 0 amide bonds. The highest BCUT2D eigenvalue weighted by molar-refractivity contribution is 6.01. The Hall–Kier alpha value is -3.37. The van der Waals surface area contributed by atoms with Gasteiger partial charge in [-0.1, -0.05) is 0 Å². The van der Waals surface area contributed by atoms with Crippen LogP contribution in [0, 0.1) is 0 Å². The third-order valence-corrected chi connectivity index (χ3v) is 3.80. The SMILES string of the molecule is CCNc1c(C(N)=Nc2ccc(C(F)(F)F)cc2)ncn(CC(=O)OC(C)(C)C)c1=O. The number of nitrogens with two attached hydrogens (primary N) is 1. The summed E-state index contributed by atoms with van der Waals surface area (Å²) in [6, 6.07) is 4.08. The number of carbonyl (C=O) groups excluding carboxylic acids is 1. The molecule has 3 N–H and O–H groups in total. The molecule has 0 saturated heterocycles. The number of carbonyl (C=O) groups is 1. The molecule has 2 aromatic rings. The first-order valence-corrected chi connectivity index (χ1v) is 9.38. The van der Waals surface area contributed by atoms with Gasteiger partial charge in [0.1, 0.15) is 23.5 Å². The molecule has 8 nitrogen and oxygen atoms in total. The summed E-state index contributed by atoms with van der Waals surface area (Å²) in [7, 11) is 0. The van der Waals surface area contributed by atoms with Crippen LogP contribution in [0.2, 0.25) is 0 Å². The second-order valence-electron chi connectivity index (χ2n) is 7.56. The smallest absolute Gasteiger partial charge is 0.416 e. The summed E-state index contributed by atoms with van der Waals surface area (Å²) in [5.41, 5.74) is 4.07. The summed E-state index contributed by atoms with van der Waals surface area (Å²) < 4.78 is 44.4. The second-order valence-corrected chi connectivity index (χ2v) is 7.56. The first kappa shape index (κ1) is 23.9. The lowest BCUT2D eigenvalue weighted by molar-refractivity contribution is -0.155. The van der Waals surface area contributed by atoms with E-state index in [1.165, 1.54) is 0 Å². The molecule has 0 bridgehead atoms. The van der Waals surface area contributed by atoms with Crippen molar-refractivity contribution in [2.45, 2.75) is 46.0 Å². The minimum absolute atomic E-state index is 0.0155. The molecule has 0 fully saturated rings. The van der Waals surface area contributed by atoms with Crippen molar-refractivity contribution in [2.75, 3.05) is 11.9 Å². The van der Waals surface area contributed by atoms with Gasteiger partial charge >= 0.3 is 12.1 Å². The highest BCUT2D eigenvalue weighted by Crippen LogP contribution is 2.30. The van der Waals surface area contributed by atoms with Crippen molar-refractivity contribution >= 4 is 23.2 Å². The van der Waals surface area contributed by atoms with Gasteiger partial charge in [-0.05, 0) is 52.0 Å². The summed E-state index contributed by atoms with van der Waals surface area (Å²) in [5, 5.41) is 2.84. The van der Waals surface area contributed by atoms with Crippen molar-refractivity contribution in [3.63, 3.8) is 0 Å². The zero-order valence-electron chi connectivity index (χ0n) is 17.6. The van der Waals surface area contributed by atoms with Crippen molar-refractivity contribution in [3.05, 3.63) is 52.2 Å². The number of esters is 1. The van der Waals surface area contributed by atoms with Gasteiger partial charge in [0.05, 0.1) is 17.6 Å². The maximum Gasteiger partial charge on any atom is 0.416 e. The highest BCUT2D eigenvalue weighted by Gasteiger charge is 2.30. The summed E-state index contributed by atoms with van der Waals surface area (Å²) in [6.45, 7) is 6.87. The maximum absolute atomic E-state index is 12.8. The van der Waals surface area contributed by atoms with Gasteiger partial charge in [-0.2, -0.15) is 13.2 Å². The quantitative estimate of drug-likeness (QED) is 0.407. The molecule has 11 heteroatoms. The number of amidine groups is 1. The molecule has 1 heterocycles. The van der Waals surface area contributed by atoms with Crippen molar-refractivity contribution in [1.29, 1.82) is 0 Å². The molecule has 1 aromatic carbocycles. The molecule has 2 rings (SSSR count). The molecule has 0 aliphatic rings. The number of ether oxygens (including phenoxy) is 1. The summed E-state index contributed by atoms with van der Waals surface area (Å²) in [6.07, 6.45) is -3.33. The van der Waals surface area contributed by atoms with Crippen LogP contribution in [0.3, 0.4) is 0 Å². The lowest BCUT2D eigenvalue weighted by Gasteiger charge is -2.20. The van der Waals surface area contributed by atoms with Crippen molar-refractivity contribution in [1.82, 2.24) is 9.55 Å². The van der Waals surface area contributed by atoms with Crippen LogP contribution >= 0.6 is 0 Å². The largest absolute Gasteiger partial charge is 0.459 e. The number of aromatic nitrogens is 2. The fourth-order valence-electron chi connectivity index (χ4n) is 2.56. The lowest BCUT2D eigenvalue weighted by Crippen LogP contribution is -2.33. The lowest BCUT2D eigenvalue weighted by atomic mass is 10.2. The van der Waals surface area contributed by atoms with Gasteiger partial charge in [0.15, 0.2) is 5.84 Å². The molecule has 0 saturated carbocycles. The van der Waals surface area contributed by atoms with Crippen LogP contribution in [0.5, 0.6) is 0 Å². The van der Waals surface area contributed by atoms with Gasteiger partial charge in [-0.25, -0.2) is 9.98 Å². The number of anilines is 1. The van der Waals surface area contributed by atoms with E-state index in [4.69, 9.17) is 10.5 Å². The van der Waals surface area contributed by atoms with Crippen molar-refractivity contribution < 1.29 is 22.7 Å². The normalized spacial score (nSPS) is 12.5. The fraction of sp³-hybridized carbons (Fsp3) is 0.400. The van der Waals surface area contributed by atoms with Crippen molar-refractivity contribution in [2.24, 2.45) is 10.7 Å². The Morgan fingerprint density at radius 2 is 1.84 bits per heavy atom. The van der Waals surface area contributed by atoms with Gasteiger partial charge < -0.3 is 15.8 Å². The topological polar surface area (TPSA) is 112 Å². The highest BCUT2D eigenvalue weighted by atomic mass is 19.4. The molecule has 0 atom stereocenters. The first-order chi connectivity index (χ1) is 14.3. The Morgan fingerprint density at radius 1 is 1.23 bits per heavy atom. The van der Waals surface area contributed by atoms with Gasteiger partial charge in [-0.3, -0.25) is 14.2 Å². The Balaban J connectivity index is 2.37. The Labute approximate surface area is 177 Å². The van der Waals surface area contributed by atoms with E-state index in [1.807, 2.05) is 0 Å². The number of nitrogens with one attached hydrogen (secondary N) is 1. The zero-order chi connectivity index (χ0) is 23.4. The van der Waals surface area contributed by atoms with Gasteiger partial charge in [0.2, 0.25) is 0 Å². The Bertz CT molecular complexity index is 1020. The molecular formula is C20H24F3N5O3. The molecule has 0 unspecified atom stereocenters. The molecular weight excluding hydrogens is 415 g/mol. The van der Waals surface area contributed by atoms with E-state index in [9.17, 15) is 22.8 Å². The average Bonchev–Trinajstić information content (AvgIpc) is 2.63. The maximum atomic E-state index is 12.8. The van der Waals surface area contributed by atoms with Gasteiger partial charge in [0, 0.05) is 6.54 Å². The minimum atomic E-state index is -4.47. The van der Waals surface area contributed by atoms with Crippen LogP contribution in [-0.2, 0) is 22.3 Å². The molecule has 0 aliphatic carbocycles. The third-order valence-electron chi connectivity index (χ3n) is 3.80. The van der Waals surface area contributed by atoms with Crippen LogP contribution < -0.4 is 16.6 Å². The number of hydrogen-bond acceptors (Lipinski definition) is 6. The van der Waals surface area contributed by atoms with E-state index in [1.54, 1.807) is 27.7 Å². The summed E-state index contributed by atoms with van der Waals surface area (Å²) >= 11 is 0. The minimum Gasteiger partial charge on any atom is -0.459 e. The number of halogens is 3. The van der Waals surface area contributed by atoms with E-state index >= 15 is 0 Å². The zero-order valence-corrected chi connectivity index (χ0v) is 17.6. The van der Waals surface area contributed by atoms with E-state index in [0.717, 1.165) is 35.2 Å². The average molecular weight is 439 g/mol. The predicted octanol–water partition coefficient (Wildman–Crippen LogP) is 3.07. The molecule has 168 valence electrons. The predicted molar refractivity (Wildman–Crippen MR) is 110 cm³/mol. The Morgan fingerprint density at radius 3 is 2.35 bits per heavy atom. The monoisotopic (exact) mass is 439 g/mol. The van der Waals surface area contributed by atoms with Crippen LogP contribution in [0.1, 0.15) is 39.0 Å². The number of benzene rings is 1. The molecule has 0 aliphatic heterocycles. The second kappa shape index (κ2) is 9.19. The van der Waals surface area contributed by atoms with Crippen molar-refractivity contribution in [3.8, 4) is 0 Å². The van der Waals surface area contributed by atoms with Gasteiger partial charge in [-0.15, -0.1) is 0 Å². The molecule has 0 spiro atoms. The van der Waals surface area contributed by atoms with E-state index in [0.29, 0.717) is 6.54 Å². The first-order valence-electron chi connectivity index (χ1n) is 9.38. The van der Waals surface area contributed by atoms with Crippen LogP contribution in [-0.4, -0.2) is 33.5 Å². The standard InChI is InChI=1S/C20H24F3N5O3/c1-5-25-16-15(17(24)27-13-8-6-12(7-9-13)20(21,22)23)26-11-28(18(16)30)10-14(29)31-19(2,3)4/h6-9,11,25H,5,10H2,1-4H3,(H2,24,27). The summed E-state index contributed by atoms with van der Waals surface area (Å²) in [4.78, 5) is 33.0.